The molecule has 7 nitrogen and oxygen atoms in total. The van der Waals surface area contributed by atoms with Gasteiger partial charge in [0.1, 0.15) is 0 Å². The van der Waals surface area contributed by atoms with Crippen LogP contribution in [-0.2, 0) is 17.1 Å². The Morgan fingerprint density at radius 1 is 1.47 bits per heavy atom. The zero-order valence-electron chi connectivity index (χ0n) is 11.1. The molecule has 1 saturated heterocycles. The van der Waals surface area contributed by atoms with Crippen molar-refractivity contribution in [2.75, 3.05) is 26.2 Å². The Kier molecular flexibility index (Phi) is 4.56. The van der Waals surface area contributed by atoms with Crippen LogP contribution < -0.4 is 10.5 Å². The number of nitrogens with one attached hydrogen (secondary N) is 1. The number of hydrogen-bond acceptors (Lipinski definition) is 5. The third-order valence-corrected chi connectivity index (χ3v) is 4.72. The number of nitrogens with two attached hydrogens (primary N) is 1. The van der Waals surface area contributed by atoms with Gasteiger partial charge in [-0.15, -0.1) is 0 Å². The summed E-state index contributed by atoms with van der Waals surface area (Å²) >= 11 is 0. The number of hydrogen-bond donors (Lipinski definition) is 2. The van der Waals surface area contributed by atoms with Crippen LogP contribution in [0.1, 0.15) is 12.8 Å². The highest BCUT2D eigenvalue weighted by molar-refractivity contribution is 7.89. The van der Waals surface area contributed by atoms with Gasteiger partial charge in [-0.2, -0.15) is 0 Å². The van der Waals surface area contributed by atoms with Gasteiger partial charge in [0.2, 0.25) is 0 Å². The van der Waals surface area contributed by atoms with E-state index >= 15 is 0 Å². The smallest absolute Gasteiger partial charge is 0.259 e. The lowest BCUT2D eigenvalue weighted by molar-refractivity contribution is 0.212. The van der Waals surface area contributed by atoms with Crippen molar-refractivity contribution >= 4 is 10.0 Å². The lowest BCUT2D eigenvalue weighted by atomic mass is 10.1. The molecule has 0 aliphatic carbocycles. The van der Waals surface area contributed by atoms with E-state index < -0.39 is 10.0 Å². The maximum absolute atomic E-state index is 12.1. The summed E-state index contributed by atoms with van der Waals surface area (Å²) in [6.07, 6.45) is 4.61. The van der Waals surface area contributed by atoms with E-state index in [1.807, 2.05) is 0 Å². The molecule has 1 fully saturated rings. The molecule has 1 aliphatic rings. The monoisotopic (exact) mass is 287 g/mol. The van der Waals surface area contributed by atoms with Crippen LogP contribution >= 0.6 is 0 Å². The average molecular weight is 287 g/mol. The van der Waals surface area contributed by atoms with Crippen molar-refractivity contribution in [1.82, 2.24) is 19.2 Å². The van der Waals surface area contributed by atoms with Crippen LogP contribution in [0.25, 0.3) is 0 Å². The second-order valence-corrected chi connectivity index (χ2v) is 6.56. The van der Waals surface area contributed by atoms with Crippen LogP contribution in [0.4, 0.5) is 0 Å². The number of likely N-dealkylation sites (tertiary alicyclic amines) is 1. The van der Waals surface area contributed by atoms with Crippen molar-refractivity contribution in [3.8, 4) is 0 Å². The second-order valence-electron chi connectivity index (χ2n) is 4.90. The summed E-state index contributed by atoms with van der Waals surface area (Å²) in [4.78, 5) is 6.14. The van der Waals surface area contributed by atoms with Crippen LogP contribution in [0.3, 0.4) is 0 Å². The third-order valence-electron chi connectivity index (χ3n) is 3.31. The zero-order chi connectivity index (χ0) is 13.9. The number of aromatic nitrogens is 2. The maximum atomic E-state index is 12.1. The van der Waals surface area contributed by atoms with E-state index in [1.165, 1.54) is 12.5 Å². The highest BCUT2D eigenvalue weighted by Gasteiger charge is 2.25. The van der Waals surface area contributed by atoms with Gasteiger partial charge in [0, 0.05) is 32.4 Å². The number of aryl methyl sites for hydroxylation is 1. The summed E-state index contributed by atoms with van der Waals surface area (Å²) in [5.74, 6) is 0. The Morgan fingerprint density at radius 3 is 2.68 bits per heavy atom. The quantitative estimate of drug-likeness (QED) is 0.734. The van der Waals surface area contributed by atoms with Crippen molar-refractivity contribution in [3.05, 3.63) is 12.5 Å². The first kappa shape index (κ1) is 14.4. The zero-order valence-corrected chi connectivity index (χ0v) is 11.9. The number of nitrogens with zero attached hydrogens (tertiary/aromatic N) is 3. The first-order chi connectivity index (χ1) is 9.01. The molecule has 8 heteroatoms. The molecule has 0 bridgehead atoms. The minimum absolute atomic E-state index is 0.0129. The molecular formula is C11H21N5O2S. The Morgan fingerprint density at radius 2 is 2.16 bits per heavy atom. The summed E-state index contributed by atoms with van der Waals surface area (Å²) in [5.41, 5.74) is 5.51. The van der Waals surface area contributed by atoms with Gasteiger partial charge in [-0.25, -0.2) is 18.1 Å². The van der Waals surface area contributed by atoms with Crippen LogP contribution in [0.2, 0.25) is 0 Å². The number of sulfonamides is 1. The summed E-state index contributed by atoms with van der Waals surface area (Å²) in [6.45, 7) is 3.28. The van der Waals surface area contributed by atoms with E-state index in [2.05, 4.69) is 14.6 Å². The SMILES string of the molecule is Cn1cnc(S(=O)(=O)NC2CCN(CCN)CC2)c1. The lowest BCUT2D eigenvalue weighted by Gasteiger charge is -2.31. The molecule has 19 heavy (non-hydrogen) atoms. The Balaban J connectivity index is 1.92. The summed E-state index contributed by atoms with van der Waals surface area (Å²) < 4.78 is 28.6. The topological polar surface area (TPSA) is 93.2 Å². The van der Waals surface area contributed by atoms with E-state index in [0.29, 0.717) is 6.54 Å². The Bertz CT molecular complexity index is 505. The average Bonchev–Trinajstić information content (AvgIpc) is 2.79. The van der Waals surface area contributed by atoms with E-state index in [9.17, 15) is 8.42 Å². The molecular weight excluding hydrogens is 266 g/mol. The summed E-state index contributed by atoms with van der Waals surface area (Å²) in [5, 5.41) is 0.0828. The van der Waals surface area contributed by atoms with Gasteiger partial charge in [-0.1, -0.05) is 0 Å². The van der Waals surface area contributed by atoms with Gasteiger partial charge in [0.05, 0.1) is 6.33 Å². The molecule has 2 rings (SSSR count). The van der Waals surface area contributed by atoms with Crippen LogP contribution in [0.5, 0.6) is 0 Å². The van der Waals surface area contributed by atoms with Gasteiger partial charge < -0.3 is 15.2 Å². The second kappa shape index (κ2) is 6.00. The van der Waals surface area contributed by atoms with Crippen molar-refractivity contribution in [3.63, 3.8) is 0 Å². The van der Waals surface area contributed by atoms with E-state index in [1.54, 1.807) is 11.6 Å². The van der Waals surface area contributed by atoms with E-state index in [4.69, 9.17) is 5.73 Å². The summed E-state index contributed by atoms with van der Waals surface area (Å²) in [6, 6.07) is -0.0129. The van der Waals surface area contributed by atoms with Crippen molar-refractivity contribution in [2.24, 2.45) is 12.8 Å². The number of imidazole rings is 1. The molecule has 1 aliphatic heterocycles. The fourth-order valence-corrected chi connectivity index (χ4v) is 3.55. The standard InChI is InChI=1S/C11H21N5O2S/c1-15-8-11(13-9-15)19(17,18)14-10-2-5-16(6-3-10)7-4-12/h8-10,14H,2-7,12H2,1H3. The minimum Gasteiger partial charge on any atom is -0.339 e. The van der Waals surface area contributed by atoms with Gasteiger partial charge >= 0.3 is 0 Å². The van der Waals surface area contributed by atoms with Crippen LogP contribution in [-0.4, -0.2) is 55.1 Å². The third kappa shape index (κ3) is 3.75. The maximum Gasteiger partial charge on any atom is 0.259 e. The molecule has 0 saturated carbocycles. The first-order valence-electron chi connectivity index (χ1n) is 6.44. The van der Waals surface area contributed by atoms with Crippen molar-refractivity contribution in [2.45, 2.75) is 23.9 Å². The molecule has 0 spiro atoms. The van der Waals surface area contributed by atoms with Gasteiger partial charge in [-0.3, -0.25) is 0 Å². The van der Waals surface area contributed by atoms with Crippen LogP contribution in [0.15, 0.2) is 17.6 Å². The fourth-order valence-electron chi connectivity index (χ4n) is 2.26. The van der Waals surface area contributed by atoms with Gasteiger partial charge in [0.15, 0.2) is 5.03 Å². The Hall–Kier alpha value is -0.960. The van der Waals surface area contributed by atoms with Gasteiger partial charge in [0.25, 0.3) is 10.0 Å². The molecule has 1 aromatic rings. The van der Waals surface area contributed by atoms with Crippen LogP contribution in [0, 0.1) is 0 Å². The Labute approximate surface area is 113 Å². The molecule has 3 N–H and O–H groups in total. The van der Waals surface area contributed by atoms with E-state index in [0.717, 1.165) is 32.5 Å². The molecule has 0 radical (unpaired) electrons. The normalized spacial score (nSPS) is 18.8. The highest BCUT2D eigenvalue weighted by Crippen LogP contribution is 2.13. The fraction of sp³-hybridized carbons (Fsp3) is 0.727. The van der Waals surface area contributed by atoms with Crippen molar-refractivity contribution in [1.29, 1.82) is 0 Å². The number of rotatable bonds is 5. The first-order valence-corrected chi connectivity index (χ1v) is 7.92. The molecule has 0 unspecified atom stereocenters. The predicted octanol–water partition coefficient (Wildman–Crippen LogP) is -0.878. The lowest BCUT2D eigenvalue weighted by Crippen LogP contribution is -2.45. The molecule has 108 valence electrons. The molecule has 0 atom stereocenters. The summed E-state index contributed by atoms with van der Waals surface area (Å²) in [7, 11) is -1.75. The van der Waals surface area contributed by atoms with Gasteiger partial charge in [-0.05, 0) is 25.9 Å². The largest absolute Gasteiger partial charge is 0.339 e. The molecule has 2 heterocycles. The molecule has 1 aromatic heterocycles. The minimum atomic E-state index is -3.49. The number of piperidine rings is 1. The predicted molar refractivity (Wildman–Crippen MR) is 72.0 cm³/mol. The van der Waals surface area contributed by atoms with Crippen molar-refractivity contribution < 1.29 is 8.42 Å². The highest BCUT2D eigenvalue weighted by atomic mass is 32.2. The van der Waals surface area contributed by atoms with E-state index in [-0.39, 0.29) is 11.1 Å². The molecule has 0 aromatic carbocycles. The molecule has 0 amide bonds.